The molecule has 0 unspecified atom stereocenters. The molecule has 0 spiro atoms. The summed E-state index contributed by atoms with van der Waals surface area (Å²) in [6.07, 6.45) is 0. The molecule has 0 aliphatic carbocycles. The van der Waals surface area contributed by atoms with Crippen molar-refractivity contribution in [3.63, 3.8) is 0 Å². The van der Waals surface area contributed by atoms with E-state index in [4.69, 9.17) is 60.6 Å². The normalized spacial score (nSPS) is 11.0. The van der Waals surface area contributed by atoms with Gasteiger partial charge in [0, 0.05) is 33.0 Å². The van der Waals surface area contributed by atoms with Gasteiger partial charge in [-0.2, -0.15) is 8.42 Å². The van der Waals surface area contributed by atoms with E-state index in [2.05, 4.69) is 24.3 Å². The summed E-state index contributed by atoms with van der Waals surface area (Å²) in [5.74, 6) is -0.585. The molecule has 0 heterocycles. The molecule has 0 amide bonds. The van der Waals surface area contributed by atoms with E-state index < -0.39 is 16.0 Å². The predicted octanol–water partition coefficient (Wildman–Crippen LogP) is 11.5. The number of halogens is 4. The molecule has 0 aromatic heterocycles. The van der Waals surface area contributed by atoms with Crippen molar-refractivity contribution in [3.05, 3.63) is 192 Å². The summed E-state index contributed by atoms with van der Waals surface area (Å²) in [6, 6.07) is 40.4. The number of hydrogen-bond donors (Lipinski definition) is 1. The molecular formula is C44H39Cl4NaO7S. The molecule has 0 radical (unpaired) electrons. The Kier molecular flexibility index (Phi) is 17.4. The average Bonchev–Trinajstić information content (AvgIpc) is 3.18. The molecule has 13 heteroatoms. The van der Waals surface area contributed by atoms with Crippen LogP contribution >= 0.6 is 46.4 Å². The van der Waals surface area contributed by atoms with Gasteiger partial charge in [-0.3, -0.25) is 4.55 Å². The Hall–Kier alpha value is -3.54. The summed E-state index contributed by atoms with van der Waals surface area (Å²) in [6.45, 7) is 4.15. The molecular weight excluding hydrogens is 837 g/mol. The second-order valence-electron chi connectivity index (χ2n) is 12.3. The standard InChI is InChI=1S/C23H20Cl4O5S.C21H18O2.Na.H/c1-3-31-22-16(9-13(24)11-18(22)26)21(15-7-5-6-8-20(15)33(28,29)30)17-10-14(25)12-19(27)23(17)32-4-2;1-23-21(22)19-15-9-8-14-18(19)20(16-10-4-2-5-11-16)17-12-6-3-7-13-17;;/h5-12,21H,3-4H2,1-2H3,(H,28,29,30);2-15,20H,1H3;;. The van der Waals surface area contributed by atoms with Gasteiger partial charge in [0.15, 0.2) is 0 Å². The van der Waals surface area contributed by atoms with Crippen molar-refractivity contribution in [3.8, 4) is 11.5 Å². The van der Waals surface area contributed by atoms with E-state index >= 15 is 0 Å². The molecule has 0 aliphatic heterocycles. The topological polar surface area (TPSA) is 99.1 Å². The van der Waals surface area contributed by atoms with Gasteiger partial charge in [-0.15, -0.1) is 0 Å². The van der Waals surface area contributed by atoms with Crippen molar-refractivity contribution in [2.24, 2.45) is 0 Å². The molecule has 0 atom stereocenters. The van der Waals surface area contributed by atoms with Crippen LogP contribution in [-0.4, -0.2) is 68.8 Å². The summed E-state index contributed by atoms with van der Waals surface area (Å²) < 4.78 is 51.2. The van der Waals surface area contributed by atoms with Crippen molar-refractivity contribution in [2.45, 2.75) is 30.6 Å². The molecule has 0 saturated carbocycles. The number of ether oxygens (including phenoxy) is 3. The second-order valence-corrected chi connectivity index (χ2v) is 15.3. The Balaban J connectivity index is 0.000000263. The van der Waals surface area contributed by atoms with Gasteiger partial charge in [0.2, 0.25) is 0 Å². The third-order valence-electron chi connectivity index (χ3n) is 8.72. The molecule has 1 N–H and O–H groups in total. The van der Waals surface area contributed by atoms with Crippen LogP contribution in [0.4, 0.5) is 0 Å². The molecule has 0 fully saturated rings. The van der Waals surface area contributed by atoms with Crippen molar-refractivity contribution in [1.82, 2.24) is 0 Å². The Bertz CT molecular complexity index is 2300. The number of hydrogen-bond acceptors (Lipinski definition) is 6. The number of methoxy groups -OCH3 is 1. The van der Waals surface area contributed by atoms with Gasteiger partial charge in [-0.25, -0.2) is 4.79 Å². The Labute approximate surface area is 375 Å². The van der Waals surface area contributed by atoms with Gasteiger partial charge in [-0.05, 0) is 72.5 Å². The van der Waals surface area contributed by atoms with Gasteiger partial charge in [0.05, 0.1) is 40.8 Å². The van der Waals surface area contributed by atoms with Crippen LogP contribution in [0.15, 0.2) is 138 Å². The SMILES string of the molecule is CCOc1c(Cl)cc(Cl)cc1C(c1ccccc1S(=O)(=O)O)c1cc(Cl)cc(Cl)c1OCC.COC(=O)c1ccccc1C(c1ccccc1)c1ccccc1.[NaH]. The monoisotopic (exact) mass is 874 g/mol. The van der Waals surface area contributed by atoms with Crippen LogP contribution in [0.5, 0.6) is 11.5 Å². The van der Waals surface area contributed by atoms with E-state index in [1.54, 1.807) is 38.1 Å². The molecule has 57 heavy (non-hydrogen) atoms. The van der Waals surface area contributed by atoms with Crippen LogP contribution in [0.3, 0.4) is 0 Å². The van der Waals surface area contributed by atoms with Crippen LogP contribution < -0.4 is 9.47 Å². The number of carbonyl (C=O) groups excluding carboxylic acids is 1. The third kappa shape index (κ3) is 11.4. The van der Waals surface area contributed by atoms with E-state index in [1.807, 2.05) is 60.7 Å². The fourth-order valence-corrected chi connectivity index (χ4v) is 8.39. The first-order valence-corrected chi connectivity index (χ1v) is 20.4. The summed E-state index contributed by atoms with van der Waals surface area (Å²) in [4.78, 5) is 11.9. The van der Waals surface area contributed by atoms with Gasteiger partial charge >= 0.3 is 35.5 Å². The maximum absolute atomic E-state index is 12.3. The van der Waals surface area contributed by atoms with Crippen molar-refractivity contribution >= 4 is 92.0 Å². The van der Waals surface area contributed by atoms with Crippen molar-refractivity contribution < 1.29 is 32.0 Å². The summed E-state index contributed by atoms with van der Waals surface area (Å²) in [5, 5.41) is 1.08. The maximum atomic E-state index is 12.3. The first-order valence-electron chi connectivity index (χ1n) is 17.5. The Morgan fingerprint density at radius 1 is 0.596 bits per heavy atom. The molecule has 0 bridgehead atoms. The second kappa shape index (κ2) is 21.5. The van der Waals surface area contributed by atoms with E-state index in [0.717, 1.165) is 16.7 Å². The Morgan fingerprint density at radius 3 is 1.46 bits per heavy atom. The predicted molar refractivity (Wildman–Crippen MR) is 231 cm³/mol. The zero-order valence-electron chi connectivity index (χ0n) is 30.6. The Morgan fingerprint density at radius 2 is 1.02 bits per heavy atom. The summed E-state index contributed by atoms with van der Waals surface area (Å²) >= 11 is 25.6. The zero-order valence-corrected chi connectivity index (χ0v) is 34.4. The molecule has 0 saturated heterocycles. The number of carbonyl (C=O) groups is 1. The molecule has 0 aliphatic rings. The fourth-order valence-electron chi connectivity index (χ4n) is 6.53. The molecule has 292 valence electrons. The molecule has 6 aromatic rings. The number of esters is 1. The van der Waals surface area contributed by atoms with Gasteiger partial charge in [-0.1, -0.05) is 143 Å². The van der Waals surface area contributed by atoms with E-state index in [-0.39, 0.29) is 75.2 Å². The van der Waals surface area contributed by atoms with Crippen LogP contribution in [0.1, 0.15) is 69.4 Å². The van der Waals surface area contributed by atoms with Gasteiger partial charge in [0.1, 0.15) is 11.5 Å². The average molecular weight is 877 g/mol. The number of benzene rings is 6. The minimum atomic E-state index is -4.60. The summed E-state index contributed by atoms with van der Waals surface area (Å²) in [7, 11) is -3.18. The van der Waals surface area contributed by atoms with Crippen LogP contribution in [-0.2, 0) is 14.9 Å². The minimum absolute atomic E-state index is 0. The molecule has 6 rings (SSSR count). The van der Waals surface area contributed by atoms with E-state index in [1.165, 1.54) is 31.4 Å². The number of rotatable bonds is 12. The van der Waals surface area contributed by atoms with Crippen LogP contribution in [0, 0.1) is 0 Å². The van der Waals surface area contributed by atoms with Gasteiger partial charge < -0.3 is 14.2 Å². The molecule has 6 aromatic carbocycles. The quantitative estimate of drug-likeness (QED) is 0.0566. The van der Waals surface area contributed by atoms with E-state index in [9.17, 15) is 17.8 Å². The van der Waals surface area contributed by atoms with Gasteiger partial charge in [0.25, 0.3) is 10.1 Å². The van der Waals surface area contributed by atoms with Crippen LogP contribution in [0.2, 0.25) is 20.1 Å². The van der Waals surface area contributed by atoms with Crippen molar-refractivity contribution in [2.75, 3.05) is 20.3 Å². The first kappa shape index (κ1) is 46.2. The first-order chi connectivity index (χ1) is 26.9. The summed E-state index contributed by atoms with van der Waals surface area (Å²) in [5.41, 5.74) is 4.99. The molecule has 7 nitrogen and oxygen atoms in total. The zero-order chi connectivity index (χ0) is 40.4. The fraction of sp³-hybridized carbons (Fsp3) is 0.159. The van der Waals surface area contributed by atoms with Crippen LogP contribution in [0.25, 0.3) is 0 Å². The van der Waals surface area contributed by atoms with Crippen molar-refractivity contribution in [1.29, 1.82) is 0 Å². The third-order valence-corrected chi connectivity index (χ3v) is 10.6. The van der Waals surface area contributed by atoms with E-state index in [0.29, 0.717) is 38.2 Å².